The Morgan fingerprint density at radius 2 is 2.00 bits per heavy atom. The van der Waals surface area contributed by atoms with E-state index in [0.717, 1.165) is 0 Å². The Balaban J connectivity index is 0.00000320. The van der Waals surface area contributed by atoms with Crippen LogP contribution in [-0.2, 0) is 30.1 Å². The maximum Gasteiger partial charge on any atom is 2.00 e. The fourth-order valence-electron chi connectivity index (χ4n) is 3.16. The number of aliphatic hydroxyl groups is 1. The quantitative estimate of drug-likeness (QED) is 0.294. The van der Waals surface area contributed by atoms with E-state index in [9.17, 15) is 24.8 Å². The number of hydrogen-bond acceptors (Lipinski definition) is 6. The van der Waals surface area contributed by atoms with Gasteiger partial charge in [0, 0.05) is 4.92 Å². The normalized spacial score (nSPS) is 17.8. The number of nitro benzene ring substituents is 1. The molecule has 0 radical (unpaired) electrons. The second-order valence-electron chi connectivity index (χ2n) is 7.43. The van der Waals surface area contributed by atoms with Gasteiger partial charge in [-0.1, -0.05) is 21.7 Å². The Bertz CT molecular complexity index is 1010. The van der Waals surface area contributed by atoms with Gasteiger partial charge in [-0.25, -0.2) is 4.79 Å². The third-order valence-corrected chi connectivity index (χ3v) is 4.78. The molecule has 1 amide bonds. The van der Waals surface area contributed by atoms with Gasteiger partial charge in [-0.15, -0.1) is 27.6 Å². The SMILES string of the molecule is CC(C)(C)OC(=O)NC1(c2[c-]cc(Br)cc2)C(=O)c2cccc([N+](=O)[O-])c2[C-]1O.[Os+2]. The number of Topliss-reactive ketones (excluding diaryl/α,β-unsaturated/α-hetero) is 1. The Morgan fingerprint density at radius 3 is 2.53 bits per heavy atom. The van der Waals surface area contributed by atoms with E-state index in [1.54, 1.807) is 26.8 Å². The van der Waals surface area contributed by atoms with Crippen LogP contribution in [0, 0.1) is 22.3 Å². The summed E-state index contributed by atoms with van der Waals surface area (Å²) >= 11 is 3.26. The van der Waals surface area contributed by atoms with Crippen LogP contribution in [-0.4, -0.2) is 27.5 Å². The molecule has 0 heterocycles. The summed E-state index contributed by atoms with van der Waals surface area (Å²) in [7, 11) is 0. The summed E-state index contributed by atoms with van der Waals surface area (Å²) in [4.78, 5) is 36.7. The van der Waals surface area contributed by atoms with Crippen molar-refractivity contribution in [3.8, 4) is 0 Å². The van der Waals surface area contributed by atoms with Gasteiger partial charge in [0.25, 0.3) is 0 Å². The Kier molecular flexibility index (Phi) is 6.77. The molecule has 1 unspecified atom stereocenters. The average Bonchev–Trinajstić information content (AvgIpc) is 2.83. The van der Waals surface area contributed by atoms with E-state index >= 15 is 0 Å². The standard InChI is InChI=1S/C20H17BrN2O6.Os/c1-19(2,3)29-18(26)22-20(11-7-9-12(21)10-8-11)16(24)13-5-4-6-14(23(27)28)15(13)17(20)25;/h4-7,9-10,25H,1-3H3,(H,22,26);/q-2;+2. The van der Waals surface area contributed by atoms with Crippen molar-refractivity contribution in [2.75, 3.05) is 0 Å². The molecule has 1 atom stereocenters. The number of nitro groups is 1. The number of rotatable bonds is 3. The number of amides is 1. The van der Waals surface area contributed by atoms with Crippen molar-refractivity contribution in [1.29, 1.82) is 0 Å². The predicted octanol–water partition coefficient (Wildman–Crippen LogP) is 4.02. The number of halogens is 1. The number of alkyl carbamates (subject to hydrolysis) is 1. The van der Waals surface area contributed by atoms with E-state index in [0.29, 0.717) is 4.47 Å². The first-order valence-electron chi connectivity index (χ1n) is 8.55. The van der Waals surface area contributed by atoms with E-state index in [4.69, 9.17) is 4.74 Å². The summed E-state index contributed by atoms with van der Waals surface area (Å²) in [5, 5.41) is 24.9. The van der Waals surface area contributed by atoms with Crippen molar-refractivity contribution >= 4 is 33.5 Å². The van der Waals surface area contributed by atoms with Gasteiger partial charge in [-0.05, 0) is 32.9 Å². The molecule has 0 aromatic heterocycles. The molecule has 10 heteroatoms. The van der Waals surface area contributed by atoms with Gasteiger partial charge < -0.3 is 20.0 Å². The van der Waals surface area contributed by atoms with Crippen LogP contribution in [0.25, 0.3) is 0 Å². The van der Waals surface area contributed by atoms with Crippen LogP contribution in [0.1, 0.15) is 42.3 Å². The molecule has 1 aliphatic carbocycles. The summed E-state index contributed by atoms with van der Waals surface area (Å²) < 4.78 is 5.91. The zero-order valence-corrected chi connectivity index (χ0v) is 20.3. The molecule has 0 saturated carbocycles. The van der Waals surface area contributed by atoms with Crippen molar-refractivity contribution in [2.24, 2.45) is 0 Å². The third-order valence-electron chi connectivity index (χ3n) is 4.28. The number of nitrogens with one attached hydrogen (secondary N) is 1. The molecule has 158 valence electrons. The molecule has 2 N–H and O–H groups in total. The van der Waals surface area contributed by atoms with Gasteiger partial charge >= 0.3 is 25.9 Å². The number of benzene rings is 2. The van der Waals surface area contributed by atoms with Crippen LogP contribution in [0.2, 0.25) is 0 Å². The Morgan fingerprint density at radius 1 is 1.33 bits per heavy atom. The number of nitrogens with zero attached hydrogens (tertiary/aromatic N) is 1. The van der Waals surface area contributed by atoms with Gasteiger partial charge in [0.1, 0.15) is 11.4 Å². The van der Waals surface area contributed by atoms with Crippen LogP contribution in [0.3, 0.4) is 0 Å². The largest absolute Gasteiger partial charge is 2.00 e. The molecule has 0 bridgehead atoms. The summed E-state index contributed by atoms with van der Waals surface area (Å²) in [6.07, 6.45) is -1.63. The summed E-state index contributed by atoms with van der Waals surface area (Å²) in [5.41, 5.74) is -3.63. The first-order chi connectivity index (χ1) is 13.5. The van der Waals surface area contributed by atoms with Gasteiger partial charge in [0.2, 0.25) is 0 Å². The minimum absolute atomic E-state index is 0. The number of carbonyl (C=O) groups excluding carboxylic acids is 2. The molecule has 2 aromatic rings. The van der Waals surface area contributed by atoms with E-state index in [1.807, 2.05) is 0 Å². The van der Waals surface area contributed by atoms with Gasteiger partial charge in [0.15, 0.2) is 5.69 Å². The number of aliphatic hydroxyl groups excluding tert-OH is 1. The van der Waals surface area contributed by atoms with Crippen molar-refractivity contribution in [3.63, 3.8) is 0 Å². The molecule has 2 aromatic carbocycles. The van der Waals surface area contributed by atoms with E-state index < -0.39 is 39.7 Å². The first kappa shape index (κ1) is 24.0. The topological polar surface area (TPSA) is 119 Å². The zero-order chi connectivity index (χ0) is 21.6. The van der Waals surface area contributed by atoms with E-state index in [2.05, 4.69) is 27.3 Å². The molecule has 0 aliphatic heterocycles. The van der Waals surface area contributed by atoms with E-state index in [-0.39, 0.29) is 36.5 Å². The molecule has 0 spiro atoms. The number of carbonyl (C=O) groups is 2. The molecule has 0 fully saturated rings. The Labute approximate surface area is 194 Å². The van der Waals surface area contributed by atoms with E-state index in [1.165, 1.54) is 30.3 Å². The molecule has 0 saturated heterocycles. The number of ether oxygens (including phenoxy) is 1. The minimum atomic E-state index is -2.10. The average molecular weight is 651 g/mol. The number of fused-ring (bicyclic) bond motifs is 1. The fraction of sp³-hybridized carbons (Fsp3) is 0.250. The molecular weight excluding hydrogens is 634 g/mol. The molecule has 1 aliphatic rings. The zero-order valence-electron chi connectivity index (χ0n) is 16.1. The number of ketones is 1. The smallest absolute Gasteiger partial charge is 0.444 e. The van der Waals surface area contributed by atoms with Crippen LogP contribution in [0.5, 0.6) is 0 Å². The summed E-state index contributed by atoms with van der Waals surface area (Å²) in [6, 6.07) is 11.3. The maximum atomic E-state index is 13.4. The molecule has 3 rings (SSSR count). The molecular formula is C20H17BrN2O6Os. The molecule has 8 nitrogen and oxygen atoms in total. The van der Waals surface area contributed by atoms with Gasteiger partial charge in [-0.2, -0.15) is 24.3 Å². The molecule has 30 heavy (non-hydrogen) atoms. The van der Waals surface area contributed by atoms with Crippen LogP contribution < -0.4 is 5.32 Å². The van der Waals surface area contributed by atoms with Crippen molar-refractivity contribution in [2.45, 2.75) is 31.9 Å². The maximum absolute atomic E-state index is 13.4. The summed E-state index contributed by atoms with van der Waals surface area (Å²) in [6.45, 7) is 4.93. The third kappa shape index (κ3) is 4.13. The van der Waals surface area contributed by atoms with Crippen molar-refractivity contribution < 1.29 is 44.1 Å². The summed E-state index contributed by atoms with van der Waals surface area (Å²) in [5.74, 6) is -0.724. The van der Waals surface area contributed by atoms with Crippen molar-refractivity contribution in [1.82, 2.24) is 5.32 Å². The Hall–Kier alpha value is -2.27. The van der Waals surface area contributed by atoms with Crippen LogP contribution in [0.4, 0.5) is 10.5 Å². The van der Waals surface area contributed by atoms with Crippen LogP contribution >= 0.6 is 15.9 Å². The van der Waals surface area contributed by atoms with Gasteiger partial charge in [0.05, 0.1) is 5.54 Å². The fourth-order valence-corrected chi connectivity index (χ4v) is 3.40. The van der Waals surface area contributed by atoms with Crippen LogP contribution in [0.15, 0.2) is 40.9 Å². The predicted molar refractivity (Wildman–Crippen MR) is 106 cm³/mol. The second kappa shape index (κ2) is 8.46. The number of hydrogen-bond donors (Lipinski definition) is 2. The second-order valence-corrected chi connectivity index (χ2v) is 8.35. The minimum Gasteiger partial charge on any atom is -0.444 e. The van der Waals surface area contributed by atoms with Crippen molar-refractivity contribution in [3.05, 3.63) is 79.8 Å². The first-order valence-corrected chi connectivity index (χ1v) is 9.34. The monoisotopic (exact) mass is 652 g/mol. The van der Waals surface area contributed by atoms with Gasteiger partial charge in [-0.3, -0.25) is 10.1 Å².